The van der Waals surface area contributed by atoms with E-state index < -0.39 is 0 Å². The third kappa shape index (κ3) is 3.76. The van der Waals surface area contributed by atoms with Crippen molar-refractivity contribution in [1.29, 1.82) is 0 Å². The van der Waals surface area contributed by atoms with Crippen molar-refractivity contribution in [2.45, 2.75) is 26.2 Å². The average molecular weight is 320 g/mol. The molecular weight excluding hydrogens is 300 g/mol. The zero-order valence-corrected chi connectivity index (χ0v) is 14.2. The number of hydrogen-bond donors (Lipinski definition) is 1. The van der Waals surface area contributed by atoms with Gasteiger partial charge in [0, 0.05) is 29.3 Å². The zero-order valence-electron chi connectivity index (χ0n) is 13.4. The van der Waals surface area contributed by atoms with E-state index in [-0.39, 0.29) is 11.3 Å². The van der Waals surface area contributed by atoms with E-state index in [1.165, 1.54) is 11.3 Å². The standard InChI is InChI=1S/C16H20N2O3S/c1-16(2,3)15-17-9-13(22-15)14(19)18-10-6-11(20-4)8-12(7-10)21-5/h6-9H,1-5H3,(H,18,19). The maximum absolute atomic E-state index is 12.3. The second kappa shape index (κ2) is 6.36. The number of aromatic nitrogens is 1. The van der Waals surface area contributed by atoms with Gasteiger partial charge in [-0.2, -0.15) is 0 Å². The Hall–Kier alpha value is -2.08. The van der Waals surface area contributed by atoms with E-state index in [0.29, 0.717) is 22.1 Å². The molecule has 0 spiro atoms. The number of methoxy groups -OCH3 is 2. The summed E-state index contributed by atoms with van der Waals surface area (Å²) in [7, 11) is 3.14. The molecule has 1 aromatic heterocycles. The fourth-order valence-electron chi connectivity index (χ4n) is 1.80. The van der Waals surface area contributed by atoms with E-state index in [9.17, 15) is 4.79 Å². The summed E-state index contributed by atoms with van der Waals surface area (Å²) < 4.78 is 10.4. The maximum atomic E-state index is 12.3. The van der Waals surface area contributed by atoms with Crippen LogP contribution in [0.4, 0.5) is 5.69 Å². The number of hydrogen-bond acceptors (Lipinski definition) is 5. The highest BCUT2D eigenvalue weighted by molar-refractivity contribution is 7.13. The molecule has 1 N–H and O–H groups in total. The number of anilines is 1. The SMILES string of the molecule is COc1cc(NC(=O)c2cnc(C(C)(C)C)s2)cc(OC)c1. The molecule has 5 nitrogen and oxygen atoms in total. The molecule has 0 aliphatic heterocycles. The molecule has 1 heterocycles. The van der Waals surface area contributed by atoms with Crippen molar-refractivity contribution in [2.75, 3.05) is 19.5 Å². The first-order valence-corrected chi connectivity index (χ1v) is 7.66. The van der Waals surface area contributed by atoms with Crippen LogP contribution in [0.1, 0.15) is 35.5 Å². The third-order valence-electron chi connectivity index (χ3n) is 2.98. The quantitative estimate of drug-likeness (QED) is 0.933. The van der Waals surface area contributed by atoms with Crippen molar-refractivity contribution in [3.63, 3.8) is 0 Å². The monoisotopic (exact) mass is 320 g/mol. The summed E-state index contributed by atoms with van der Waals surface area (Å²) in [6.07, 6.45) is 1.61. The maximum Gasteiger partial charge on any atom is 0.267 e. The van der Waals surface area contributed by atoms with Crippen molar-refractivity contribution in [3.8, 4) is 11.5 Å². The number of amides is 1. The van der Waals surface area contributed by atoms with Gasteiger partial charge in [0.2, 0.25) is 0 Å². The molecule has 0 bridgehead atoms. The van der Waals surface area contributed by atoms with Crippen LogP contribution in [0.2, 0.25) is 0 Å². The smallest absolute Gasteiger partial charge is 0.267 e. The van der Waals surface area contributed by atoms with Crippen molar-refractivity contribution >= 4 is 22.9 Å². The summed E-state index contributed by atoms with van der Waals surface area (Å²) in [6, 6.07) is 5.23. The number of carbonyl (C=O) groups is 1. The molecule has 0 atom stereocenters. The van der Waals surface area contributed by atoms with Crippen LogP contribution in [0.25, 0.3) is 0 Å². The van der Waals surface area contributed by atoms with Gasteiger partial charge in [-0.15, -0.1) is 11.3 Å². The normalized spacial score (nSPS) is 11.1. The molecule has 0 aliphatic rings. The molecule has 0 radical (unpaired) electrons. The average Bonchev–Trinajstić information content (AvgIpc) is 2.96. The second-order valence-electron chi connectivity index (χ2n) is 5.84. The first kappa shape index (κ1) is 16.3. The first-order chi connectivity index (χ1) is 10.3. The number of nitrogens with zero attached hydrogens (tertiary/aromatic N) is 1. The van der Waals surface area contributed by atoms with Crippen molar-refractivity contribution in [1.82, 2.24) is 4.98 Å². The minimum Gasteiger partial charge on any atom is -0.497 e. The molecule has 2 rings (SSSR count). The highest BCUT2D eigenvalue weighted by atomic mass is 32.1. The molecule has 0 saturated carbocycles. The Balaban J connectivity index is 2.20. The van der Waals surface area contributed by atoms with Gasteiger partial charge in [-0.1, -0.05) is 20.8 Å². The van der Waals surface area contributed by atoms with Crippen LogP contribution < -0.4 is 14.8 Å². The van der Waals surface area contributed by atoms with Crippen molar-refractivity contribution in [2.24, 2.45) is 0 Å². The number of rotatable bonds is 4. The lowest BCUT2D eigenvalue weighted by Crippen LogP contribution is -2.11. The molecule has 1 aromatic carbocycles. The number of thiazole rings is 1. The van der Waals surface area contributed by atoms with Gasteiger partial charge in [-0.3, -0.25) is 4.79 Å². The fraction of sp³-hybridized carbons (Fsp3) is 0.375. The number of carbonyl (C=O) groups excluding carboxylic acids is 1. The van der Waals surface area contributed by atoms with Gasteiger partial charge < -0.3 is 14.8 Å². The van der Waals surface area contributed by atoms with Gasteiger partial charge in [0.05, 0.1) is 25.4 Å². The summed E-state index contributed by atoms with van der Waals surface area (Å²) in [4.78, 5) is 17.2. The van der Waals surface area contributed by atoms with Crippen molar-refractivity contribution < 1.29 is 14.3 Å². The van der Waals surface area contributed by atoms with E-state index in [0.717, 1.165) is 5.01 Å². The summed E-state index contributed by atoms with van der Waals surface area (Å²) >= 11 is 1.40. The van der Waals surface area contributed by atoms with E-state index in [4.69, 9.17) is 9.47 Å². The molecule has 118 valence electrons. The van der Waals surface area contributed by atoms with Crippen LogP contribution >= 0.6 is 11.3 Å². The third-order valence-corrected chi connectivity index (χ3v) is 4.40. The highest BCUT2D eigenvalue weighted by Gasteiger charge is 2.20. The molecule has 0 unspecified atom stereocenters. The second-order valence-corrected chi connectivity index (χ2v) is 6.87. The lowest BCUT2D eigenvalue weighted by Gasteiger charge is -2.13. The van der Waals surface area contributed by atoms with Gasteiger partial charge in [-0.05, 0) is 0 Å². The van der Waals surface area contributed by atoms with E-state index in [2.05, 4.69) is 31.1 Å². The van der Waals surface area contributed by atoms with Gasteiger partial charge in [0.15, 0.2) is 0 Å². The van der Waals surface area contributed by atoms with E-state index >= 15 is 0 Å². The Morgan fingerprint density at radius 3 is 2.18 bits per heavy atom. The van der Waals surface area contributed by atoms with Crippen LogP contribution in [0, 0.1) is 0 Å². The Morgan fingerprint density at radius 2 is 1.73 bits per heavy atom. The fourth-order valence-corrected chi connectivity index (χ4v) is 2.67. The summed E-state index contributed by atoms with van der Waals surface area (Å²) in [6.45, 7) is 6.21. The topological polar surface area (TPSA) is 60.5 Å². The molecule has 2 aromatic rings. The highest BCUT2D eigenvalue weighted by Crippen LogP contribution is 2.29. The zero-order chi connectivity index (χ0) is 16.3. The lowest BCUT2D eigenvalue weighted by molar-refractivity contribution is 0.103. The van der Waals surface area contributed by atoms with Crippen LogP contribution in [0.15, 0.2) is 24.4 Å². The van der Waals surface area contributed by atoms with Gasteiger partial charge in [0.1, 0.15) is 16.4 Å². The first-order valence-electron chi connectivity index (χ1n) is 6.84. The molecule has 0 saturated heterocycles. The molecule has 0 aliphatic carbocycles. The Morgan fingerprint density at radius 1 is 1.14 bits per heavy atom. The van der Waals surface area contributed by atoms with Gasteiger partial charge in [-0.25, -0.2) is 4.98 Å². The van der Waals surface area contributed by atoms with E-state index in [1.54, 1.807) is 38.6 Å². The molecule has 22 heavy (non-hydrogen) atoms. The minimum atomic E-state index is -0.191. The predicted molar refractivity (Wildman–Crippen MR) is 88.3 cm³/mol. The van der Waals surface area contributed by atoms with E-state index in [1.807, 2.05) is 0 Å². The number of benzene rings is 1. The number of ether oxygens (including phenoxy) is 2. The Kier molecular flexibility index (Phi) is 4.71. The lowest BCUT2D eigenvalue weighted by atomic mass is 9.98. The molecule has 0 fully saturated rings. The largest absolute Gasteiger partial charge is 0.497 e. The van der Waals surface area contributed by atoms with Gasteiger partial charge >= 0.3 is 0 Å². The van der Waals surface area contributed by atoms with Crippen LogP contribution in [0.5, 0.6) is 11.5 Å². The summed E-state index contributed by atoms with van der Waals surface area (Å²) in [5.41, 5.74) is 0.550. The van der Waals surface area contributed by atoms with Crippen LogP contribution in [-0.4, -0.2) is 25.1 Å². The summed E-state index contributed by atoms with van der Waals surface area (Å²) in [5, 5.41) is 3.78. The molecular formula is C16H20N2O3S. The van der Waals surface area contributed by atoms with Crippen LogP contribution in [-0.2, 0) is 5.41 Å². The predicted octanol–water partition coefficient (Wildman–Crippen LogP) is 3.71. The Bertz CT molecular complexity index is 652. The van der Waals surface area contributed by atoms with Crippen LogP contribution in [0.3, 0.4) is 0 Å². The molecule has 6 heteroatoms. The minimum absolute atomic E-state index is 0.0671. The van der Waals surface area contributed by atoms with Crippen molar-refractivity contribution in [3.05, 3.63) is 34.3 Å². The molecule has 1 amide bonds. The summed E-state index contributed by atoms with van der Waals surface area (Å²) in [5.74, 6) is 1.05. The number of nitrogens with one attached hydrogen (secondary N) is 1. The van der Waals surface area contributed by atoms with Gasteiger partial charge in [0.25, 0.3) is 5.91 Å². The Labute approximate surface area is 134 Å².